The first kappa shape index (κ1) is 23.2. The number of hydrogen-bond donors (Lipinski definition) is 1. The smallest absolute Gasteiger partial charge is 0.338 e. The molecule has 4 atom stereocenters. The average molecular weight is 467 g/mol. The molecule has 1 amide bonds. The van der Waals surface area contributed by atoms with Crippen molar-refractivity contribution < 1.29 is 27.1 Å². The number of sulfonamides is 1. The van der Waals surface area contributed by atoms with E-state index in [0.29, 0.717) is 24.9 Å². The molecule has 1 aromatic carbocycles. The van der Waals surface area contributed by atoms with Crippen molar-refractivity contribution in [3.8, 4) is 0 Å². The van der Waals surface area contributed by atoms with Crippen molar-refractivity contribution in [2.24, 2.45) is 17.8 Å². The van der Waals surface area contributed by atoms with Crippen LogP contribution < -0.4 is 5.32 Å². The summed E-state index contributed by atoms with van der Waals surface area (Å²) in [7, 11) is -4.04. The fraction of sp³-hybridized carbons (Fsp3) is 0.652. The molecule has 4 rings (SSSR count). The second kappa shape index (κ2) is 9.47. The van der Waals surface area contributed by atoms with Gasteiger partial charge in [0.1, 0.15) is 10.7 Å². The van der Waals surface area contributed by atoms with E-state index in [1.807, 2.05) is 6.92 Å². The first-order chi connectivity index (χ1) is 15.3. The molecule has 1 N–H and O–H groups in total. The number of halogens is 1. The van der Waals surface area contributed by atoms with Gasteiger partial charge < -0.3 is 10.1 Å². The molecule has 1 saturated heterocycles. The number of benzene rings is 1. The van der Waals surface area contributed by atoms with Crippen molar-refractivity contribution in [2.45, 2.75) is 62.8 Å². The maximum atomic E-state index is 14.3. The van der Waals surface area contributed by atoms with E-state index in [-0.39, 0.29) is 11.6 Å². The second-order valence-electron chi connectivity index (χ2n) is 9.38. The van der Waals surface area contributed by atoms with Crippen LogP contribution in [0.4, 0.5) is 4.39 Å². The van der Waals surface area contributed by atoms with E-state index in [0.717, 1.165) is 43.7 Å². The van der Waals surface area contributed by atoms with Crippen molar-refractivity contribution in [3.05, 3.63) is 29.6 Å². The summed E-state index contributed by atoms with van der Waals surface area (Å²) in [5.74, 6) is -0.259. The normalized spacial score (nSPS) is 26.6. The predicted molar refractivity (Wildman–Crippen MR) is 116 cm³/mol. The van der Waals surface area contributed by atoms with Crippen molar-refractivity contribution in [1.82, 2.24) is 9.62 Å². The summed E-state index contributed by atoms with van der Waals surface area (Å²) < 4.78 is 46.3. The van der Waals surface area contributed by atoms with Crippen LogP contribution in [0.25, 0.3) is 0 Å². The Balaban J connectivity index is 1.35. The Bertz CT molecular complexity index is 977. The van der Waals surface area contributed by atoms with Gasteiger partial charge in [-0.25, -0.2) is 17.6 Å². The van der Waals surface area contributed by atoms with E-state index in [4.69, 9.17) is 4.74 Å². The highest BCUT2D eigenvalue weighted by Crippen LogP contribution is 2.49. The Kier molecular flexibility index (Phi) is 6.86. The van der Waals surface area contributed by atoms with Gasteiger partial charge in [0.15, 0.2) is 6.61 Å². The minimum Gasteiger partial charge on any atom is -0.452 e. The van der Waals surface area contributed by atoms with E-state index in [1.165, 1.54) is 29.6 Å². The number of nitrogens with zero attached hydrogens (tertiary/aromatic N) is 1. The molecule has 2 bridgehead atoms. The minimum absolute atomic E-state index is 0.0172. The van der Waals surface area contributed by atoms with Gasteiger partial charge in [0.2, 0.25) is 10.0 Å². The van der Waals surface area contributed by atoms with Gasteiger partial charge in [-0.15, -0.1) is 0 Å². The van der Waals surface area contributed by atoms with Crippen molar-refractivity contribution in [3.63, 3.8) is 0 Å². The van der Waals surface area contributed by atoms with Gasteiger partial charge in [-0.2, -0.15) is 4.31 Å². The molecule has 176 valence electrons. The Hall–Kier alpha value is -2.00. The molecule has 1 aromatic rings. The van der Waals surface area contributed by atoms with Crippen molar-refractivity contribution in [2.75, 3.05) is 19.7 Å². The van der Waals surface area contributed by atoms with Crippen LogP contribution >= 0.6 is 0 Å². The molecule has 0 unspecified atom stereocenters. The van der Waals surface area contributed by atoms with E-state index < -0.39 is 39.2 Å². The van der Waals surface area contributed by atoms with Crippen LogP contribution in [-0.4, -0.2) is 50.3 Å². The number of rotatable bonds is 7. The fourth-order valence-corrected chi connectivity index (χ4v) is 7.20. The van der Waals surface area contributed by atoms with Crippen molar-refractivity contribution in [1.29, 1.82) is 0 Å². The molecule has 7 nitrogen and oxygen atoms in total. The van der Waals surface area contributed by atoms with Crippen LogP contribution in [0.2, 0.25) is 0 Å². The summed E-state index contributed by atoms with van der Waals surface area (Å²) in [6.45, 7) is 2.19. The number of fused-ring (bicyclic) bond motifs is 2. The molecule has 0 spiro atoms. The molecule has 32 heavy (non-hydrogen) atoms. The number of carbonyl (C=O) groups excluding carboxylic acids is 2. The van der Waals surface area contributed by atoms with E-state index in [2.05, 4.69) is 5.32 Å². The zero-order valence-electron chi connectivity index (χ0n) is 18.4. The van der Waals surface area contributed by atoms with Crippen LogP contribution in [0.1, 0.15) is 62.2 Å². The first-order valence-electron chi connectivity index (χ1n) is 11.5. The van der Waals surface area contributed by atoms with Crippen molar-refractivity contribution >= 4 is 21.9 Å². The third kappa shape index (κ3) is 4.83. The molecule has 3 fully saturated rings. The van der Waals surface area contributed by atoms with Crippen LogP contribution in [0.15, 0.2) is 23.1 Å². The second-order valence-corrected chi connectivity index (χ2v) is 11.3. The zero-order chi connectivity index (χ0) is 22.9. The standard InChI is InChI=1S/C23H31FN2O5S/c1-15(19-12-16-5-6-17(19)11-16)25-22(27)14-31-23(28)18-7-8-20(24)21(13-18)32(29,30)26-9-3-2-4-10-26/h7-8,13,15-17,19H,2-6,9-12,14H2,1H3,(H,25,27)/t15-,16-,17-,19+/m1/s1. The molecule has 0 aromatic heterocycles. The number of nitrogens with one attached hydrogen (secondary N) is 1. The fourth-order valence-electron chi connectivity index (χ4n) is 5.60. The maximum absolute atomic E-state index is 14.3. The number of hydrogen-bond acceptors (Lipinski definition) is 5. The van der Waals surface area contributed by atoms with Gasteiger partial charge in [-0.1, -0.05) is 12.8 Å². The molecular formula is C23H31FN2O5S. The third-order valence-corrected chi connectivity index (χ3v) is 9.17. The molecule has 1 heterocycles. The average Bonchev–Trinajstić information content (AvgIpc) is 3.42. The summed E-state index contributed by atoms with van der Waals surface area (Å²) in [6.07, 6.45) is 7.26. The predicted octanol–water partition coefficient (Wildman–Crippen LogP) is 3.10. The largest absolute Gasteiger partial charge is 0.452 e. The van der Waals surface area contributed by atoms with E-state index in [1.54, 1.807) is 0 Å². The topological polar surface area (TPSA) is 92.8 Å². The Morgan fingerprint density at radius 3 is 2.59 bits per heavy atom. The lowest BCUT2D eigenvalue weighted by molar-refractivity contribution is -0.125. The van der Waals surface area contributed by atoms with Crippen LogP contribution in [0.5, 0.6) is 0 Å². The Labute approximate surface area is 188 Å². The Morgan fingerprint density at radius 1 is 1.19 bits per heavy atom. The summed E-state index contributed by atoms with van der Waals surface area (Å²) in [5.41, 5.74) is -0.101. The molecule has 1 aliphatic heterocycles. The quantitative estimate of drug-likeness (QED) is 0.624. The number of esters is 1. The molecular weight excluding hydrogens is 435 g/mol. The maximum Gasteiger partial charge on any atom is 0.338 e. The Morgan fingerprint density at radius 2 is 1.94 bits per heavy atom. The molecule has 3 aliphatic rings. The van der Waals surface area contributed by atoms with Crippen LogP contribution in [0, 0.1) is 23.6 Å². The number of piperidine rings is 1. The summed E-state index contributed by atoms with van der Waals surface area (Å²) in [6, 6.07) is 3.13. The van der Waals surface area contributed by atoms with Gasteiger partial charge in [-0.05, 0) is 75.0 Å². The first-order valence-corrected chi connectivity index (χ1v) is 13.0. The highest BCUT2D eigenvalue weighted by molar-refractivity contribution is 7.89. The monoisotopic (exact) mass is 466 g/mol. The van der Waals surface area contributed by atoms with Gasteiger partial charge in [-0.3, -0.25) is 4.79 Å². The number of carbonyl (C=O) groups is 2. The minimum atomic E-state index is -4.04. The summed E-state index contributed by atoms with van der Waals surface area (Å²) >= 11 is 0. The lowest BCUT2D eigenvalue weighted by atomic mass is 9.84. The third-order valence-electron chi connectivity index (χ3n) is 7.26. The van der Waals surface area contributed by atoms with Gasteiger partial charge in [0.25, 0.3) is 5.91 Å². The highest BCUT2D eigenvalue weighted by Gasteiger charge is 2.42. The number of ether oxygens (including phenoxy) is 1. The van der Waals surface area contributed by atoms with Gasteiger partial charge >= 0.3 is 5.97 Å². The SMILES string of the molecule is C[C@@H](NC(=O)COC(=O)c1ccc(F)c(S(=O)(=O)N2CCCCC2)c1)[C@@H]1C[C@@H]2CC[C@@H]1C2. The van der Waals surface area contributed by atoms with E-state index in [9.17, 15) is 22.4 Å². The molecule has 2 aliphatic carbocycles. The van der Waals surface area contributed by atoms with Gasteiger partial charge in [0, 0.05) is 19.1 Å². The highest BCUT2D eigenvalue weighted by atomic mass is 32.2. The zero-order valence-corrected chi connectivity index (χ0v) is 19.2. The van der Waals surface area contributed by atoms with Gasteiger partial charge in [0.05, 0.1) is 5.56 Å². The molecule has 2 saturated carbocycles. The lowest BCUT2D eigenvalue weighted by Crippen LogP contribution is -2.42. The van der Waals surface area contributed by atoms with Crippen LogP contribution in [0.3, 0.4) is 0 Å². The summed E-state index contributed by atoms with van der Waals surface area (Å²) in [5, 5.41) is 2.92. The lowest BCUT2D eigenvalue weighted by Gasteiger charge is -2.28. The van der Waals surface area contributed by atoms with Crippen LogP contribution in [-0.2, 0) is 19.6 Å². The van der Waals surface area contributed by atoms with E-state index >= 15 is 0 Å². The number of amides is 1. The molecule has 0 radical (unpaired) electrons. The molecule has 9 heteroatoms. The summed E-state index contributed by atoms with van der Waals surface area (Å²) in [4.78, 5) is 24.2.